The van der Waals surface area contributed by atoms with E-state index in [1.807, 2.05) is 12.2 Å². The van der Waals surface area contributed by atoms with Gasteiger partial charge in [-0.25, -0.2) is 0 Å². The molecule has 0 rings (SSSR count). The Bertz CT molecular complexity index is 172. The van der Waals surface area contributed by atoms with Gasteiger partial charge in [0.1, 0.15) is 0 Å². The Kier molecular flexibility index (Phi) is 15.1. The molecule has 0 spiro atoms. The Labute approximate surface area is 122 Å². The van der Waals surface area contributed by atoms with Gasteiger partial charge in [-0.2, -0.15) is 0 Å². The van der Waals surface area contributed by atoms with Crippen molar-refractivity contribution < 1.29 is 0 Å². The second-order valence-electron chi connectivity index (χ2n) is 5.83. The van der Waals surface area contributed by atoms with Gasteiger partial charge >= 0.3 is 0 Å². The van der Waals surface area contributed by atoms with Crippen molar-refractivity contribution in [2.24, 2.45) is 5.92 Å². The van der Waals surface area contributed by atoms with E-state index >= 15 is 0 Å². The molecule has 0 heterocycles. The quantitative estimate of drug-likeness (QED) is 0.219. The zero-order chi connectivity index (χ0) is 14.2. The van der Waals surface area contributed by atoms with Crippen LogP contribution in [0.2, 0.25) is 0 Å². The first-order valence-corrected chi connectivity index (χ1v) is 8.56. The summed E-state index contributed by atoms with van der Waals surface area (Å²) < 4.78 is 0. The van der Waals surface area contributed by atoms with Crippen molar-refractivity contribution in [1.82, 2.24) is 0 Å². The van der Waals surface area contributed by atoms with Gasteiger partial charge in [0.15, 0.2) is 0 Å². The summed E-state index contributed by atoms with van der Waals surface area (Å²) in [4.78, 5) is 0. The monoisotopic (exact) mass is 264 g/mol. The predicted molar refractivity (Wildman–Crippen MR) is 89.6 cm³/mol. The minimum atomic E-state index is 0.985. The molecule has 112 valence electrons. The number of hydrogen-bond acceptors (Lipinski definition) is 0. The molecule has 0 saturated carbocycles. The summed E-state index contributed by atoms with van der Waals surface area (Å²) in [6.07, 6.45) is 21.9. The summed E-state index contributed by atoms with van der Waals surface area (Å²) in [5, 5.41) is 0. The lowest BCUT2D eigenvalue weighted by atomic mass is 9.92. The summed E-state index contributed by atoms with van der Waals surface area (Å²) in [5.41, 5.74) is 0. The van der Waals surface area contributed by atoms with Crippen LogP contribution in [0.15, 0.2) is 25.3 Å². The molecule has 0 aromatic carbocycles. The van der Waals surface area contributed by atoms with Crippen LogP contribution in [0.5, 0.6) is 0 Å². The number of unbranched alkanes of at least 4 members (excludes halogenated alkanes) is 8. The van der Waals surface area contributed by atoms with Crippen molar-refractivity contribution in [3.63, 3.8) is 0 Å². The van der Waals surface area contributed by atoms with Crippen LogP contribution in [0.3, 0.4) is 0 Å². The van der Waals surface area contributed by atoms with Crippen molar-refractivity contribution in [3.8, 4) is 0 Å². The zero-order valence-electron chi connectivity index (χ0n) is 13.3. The van der Waals surface area contributed by atoms with Crippen molar-refractivity contribution in [3.05, 3.63) is 25.3 Å². The lowest BCUT2D eigenvalue weighted by molar-refractivity contribution is 0.394. The standard InChI is InChI=1S/C19H36/c1-4-7-9-11-13-15-17-19(6-3)18-16-14-12-10-8-5-2/h4-5,19H,1-2,6-18H2,3H3. The van der Waals surface area contributed by atoms with E-state index in [4.69, 9.17) is 0 Å². The summed E-state index contributed by atoms with van der Waals surface area (Å²) in [5.74, 6) is 0.985. The van der Waals surface area contributed by atoms with Gasteiger partial charge < -0.3 is 0 Å². The maximum Gasteiger partial charge on any atom is -0.0353 e. The van der Waals surface area contributed by atoms with Crippen molar-refractivity contribution in [2.45, 2.75) is 90.4 Å². The number of allylic oxidation sites excluding steroid dienone is 2. The Balaban J connectivity index is 3.34. The molecule has 0 nitrogen and oxygen atoms in total. The van der Waals surface area contributed by atoms with E-state index in [-0.39, 0.29) is 0 Å². The molecular formula is C19H36. The summed E-state index contributed by atoms with van der Waals surface area (Å²) in [6.45, 7) is 9.91. The highest BCUT2D eigenvalue weighted by molar-refractivity contribution is 4.66. The first kappa shape index (κ1) is 18.5. The van der Waals surface area contributed by atoms with Gasteiger partial charge in [0.05, 0.1) is 0 Å². The molecule has 0 saturated heterocycles. The van der Waals surface area contributed by atoms with Gasteiger partial charge in [0.25, 0.3) is 0 Å². The first-order chi connectivity index (χ1) is 9.35. The third-order valence-electron chi connectivity index (χ3n) is 4.12. The lowest BCUT2D eigenvalue weighted by Gasteiger charge is -2.14. The van der Waals surface area contributed by atoms with Crippen LogP contribution in [0.1, 0.15) is 90.4 Å². The van der Waals surface area contributed by atoms with Gasteiger partial charge in [-0.3, -0.25) is 0 Å². The van der Waals surface area contributed by atoms with Gasteiger partial charge in [-0.1, -0.05) is 76.9 Å². The number of rotatable bonds is 15. The van der Waals surface area contributed by atoms with Crippen LogP contribution in [-0.2, 0) is 0 Å². The average molecular weight is 264 g/mol. The van der Waals surface area contributed by atoms with E-state index in [0.29, 0.717) is 0 Å². The van der Waals surface area contributed by atoms with Crippen LogP contribution in [0.25, 0.3) is 0 Å². The molecule has 0 amide bonds. The van der Waals surface area contributed by atoms with Gasteiger partial charge in [-0.15, -0.1) is 13.2 Å². The molecule has 0 atom stereocenters. The van der Waals surface area contributed by atoms with Gasteiger partial charge in [-0.05, 0) is 31.6 Å². The van der Waals surface area contributed by atoms with E-state index in [0.717, 1.165) is 5.92 Å². The average Bonchev–Trinajstić information content (AvgIpc) is 2.44. The third kappa shape index (κ3) is 13.7. The van der Waals surface area contributed by atoms with E-state index in [9.17, 15) is 0 Å². The molecule has 0 aromatic heterocycles. The highest BCUT2D eigenvalue weighted by Crippen LogP contribution is 2.21. The van der Waals surface area contributed by atoms with E-state index in [1.54, 1.807) is 0 Å². The molecule has 0 bridgehead atoms. The summed E-state index contributed by atoms with van der Waals surface area (Å²) >= 11 is 0. The minimum Gasteiger partial charge on any atom is -0.103 e. The van der Waals surface area contributed by atoms with Crippen LogP contribution < -0.4 is 0 Å². The predicted octanol–water partition coefficient (Wildman–Crippen LogP) is 7.07. The van der Waals surface area contributed by atoms with E-state index in [2.05, 4.69) is 20.1 Å². The van der Waals surface area contributed by atoms with E-state index < -0.39 is 0 Å². The van der Waals surface area contributed by atoms with Gasteiger partial charge in [0, 0.05) is 0 Å². The maximum absolute atomic E-state index is 3.77. The molecule has 0 unspecified atom stereocenters. The molecule has 0 radical (unpaired) electrons. The van der Waals surface area contributed by atoms with Crippen LogP contribution in [-0.4, -0.2) is 0 Å². The highest BCUT2D eigenvalue weighted by atomic mass is 14.1. The van der Waals surface area contributed by atoms with Crippen LogP contribution >= 0.6 is 0 Å². The number of hydrogen-bond donors (Lipinski definition) is 0. The van der Waals surface area contributed by atoms with Gasteiger partial charge in [0.2, 0.25) is 0 Å². The molecule has 0 aliphatic heterocycles. The van der Waals surface area contributed by atoms with Crippen molar-refractivity contribution in [2.75, 3.05) is 0 Å². The smallest absolute Gasteiger partial charge is 0.0353 e. The van der Waals surface area contributed by atoms with Crippen molar-refractivity contribution in [1.29, 1.82) is 0 Å². The largest absolute Gasteiger partial charge is 0.103 e. The lowest BCUT2D eigenvalue weighted by Crippen LogP contribution is -1.99. The molecule has 0 fully saturated rings. The summed E-state index contributed by atoms with van der Waals surface area (Å²) in [6, 6.07) is 0. The third-order valence-corrected chi connectivity index (χ3v) is 4.12. The molecule has 0 N–H and O–H groups in total. The second kappa shape index (κ2) is 15.5. The topological polar surface area (TPSA) is 0 Å². The normalized spacial score (nSPS) is 10.8. The fourth-order valence-corrected chi connectivity index (χ4v) is 2.70. The molecule has 0 heteroatoms. The maximum atomic E-state index is 3.77. The van der Waals surface area contributed by atoms with E-state index in [1.165, 1.54) is 83.5 Å². The second-order valence-corrected chi connectivity index (χ2v) is 5.83. The SMILES string of the molecule is C=CCCCCCCC(CC)CCCCCCC=C. The molecular weight excluding hydrogens is 228 g/mol. The fourth-order valence-electron chi connectivity index (χ4n) is 2.70. The van der Waals surface area contributed by atoms with Crippen molar-refractivity contribution >= 4 is 0 Å². The Morgan fingerprint density at radius 1 is 0.684 bits per heavy atom. The molecule has 0 aromatic rings. The summed E-state index contributed by atoms with van der Waals surface area (Å²) in [7, 11) is 0. The highest BCUT2D eigenvalue weighted by Gasteiger charge is 2.05. The first-order valence-electron chi connectivity index (χ1n) is 8.56. The molecule has 0 aliphatic rings. The Morgan fingerprint density at radius 2 is 1.11 bits per heavy atom. The van der Waals surface area contributed by atoms with Crippen LogP contribution in [0, 0.1) is 5.92 Å². The minimum absolute atomic E-state index is 0.985. The van der Waals surface area contributed by atoms with Crippen LogP contribution in [0.4, 0.5) is 0 Å². The Morgan fingerprint density at radius 3 is 1.47 bits per heavy atom. The fraction of sp³-hybridized carbons (Fsp3) is 0.789. The Hall–Kier alpha value is -0.520. The molecule has 19 heavy (non-hydrogen) atoms. The molecule has 0 aliphatic carbocycles. The zero-order valence-corrected chi connectivity index (χ0v) is 13.3.